The van der Waals surface area contributed by atoms with Crippen molar-refractivity contribution in [1.29, 1.82) is 0 Å². The zero-order valence-corrected chi connectivity index (χ0v) is 19.9. The first-order valence-corrected chi connectivity index (χ1v) is 10.8. The molecule has 2 atom stereocenters. The summed E-state index contributed by atoms with van der Waals surface area (Å²) in [6.07, 6.45) is 1.92. The lowest BCUT2D eigenvalue weighted by atomic mass is 10.0. The predicted molar refractivity (Wildman–Crippen MR) is 119 cm³/mol. The van der Waals surface area contributed by atoms with Crippen molar-refractivity contribution in [3.8, 4) is 0 Å². The summed E-state index contributed by atoms with van der Waals surface area (Å²) in [5.41, 5.74) is 4.98. The van der Waals surface area contributed by atoms with Crippen LogP contribution in [0.3, 0.4) is 0 Å². The molecule has 182 valence electrons. The molecule has 10 heteroatoms. The lowest BCUT2D eigenvalue weighted by molar-refractivity contribution is -0.139. The molecule has 0 aliphatic heterocycles. The topological polar surface area (TPSA) is 152 Å². The number of carboxylic acids is 1. The van der Waals surface area contributed by atoms with Crippen LogP contribution in [0, 0.1) is 0 Å². The summed E-state index contributed by atoms with van der Waals surface area (Å²) in [5, 5.41) is 17.7. The third kappa shape index (κ3) is 18.4. The molecular weight excluding hydrogens is 404 g/mol. The standard InChI is InChI=1S/C21H42N4O6/c1-20(2,3)30-18(28)24-12-7-9-15(22)10-11-16(17(26)27)23-13-8-14-25-19(29)31-21(4,5)6/h15-16,23H,7-14,22H2,1-6H3,(H,24,28)(H,25,29)(H,26,27)/t15?,16-/m0/s1. The molecule has 0 fully saturated rings. The Kier molecular flexibility index (Phi) is 13.1. The van der Waals surface area contributed by atoms with Crippen LogP contribution in [0.2, 0.25) is 0 Å². The average molecular weight is 447 g/mol. The number of hydrogen-bond donors (Lipinski definition) is 5. The molecule has 0 aromatic heterocycles. The zero-order chi connectivity index (χ0) is 24.1. The summed E-state index contributed by atoms with van der Waals surface area (Å²) in [6.45, 7) is 12.0. The Balaban J connectivity index is 3.98. The van der Waals surface area contributed by atoms with E-state index in [1.165, 1.54) is 0 Å². The van der Waals surface area contributed by atoms with Crippen molar-refractivity contribution in [2.45, 2.75) is 96.9 Å². The lowest BCUT2D eigenvalue weighted by Crippen LogP contribution is -2.40. The highest BCUT2D eigenvalue weighted by Crippen LogP contribution is 2.08. The maximum Gasteiger partial charge on any atom is 0.407 e. The quantitative estimate of drug-likeness (QED) is 0.270. The molecule has 0 rings (SSSR count). The summed E-state index contributed by atoms with van der Waals surface area (Å²) in [6, 6.07) is -0.856. The van der Waals surface area contributed by atoms with Gasteiger partial charge in [-0.25, -0.2) is 9.59 Å². The van der Waals surface area contributed by atoms with E-state index in [2.05, 4.69) is 16.0 Å². The Labute approximate surface area is 186 Å². The number of carbonyl (C=O) groups is 3. The van der Waals surface area contributed by atoms with Crippen molar-refractivity contribution in [2.75, 3.05) is 19.6 Å². The molecule has 0 heterocycles. The van der Waals surface area contributed by atoms with Gasteiger partial charge in [-0.3, -0.25) is 4.79 Å². The van der Waals surface area contributed by atoms with Gasteiger partial charge in [-0.15, -0.1) is 0 Å². The number of rotatable bonds is 13. The van der Waals surface area contributed by atoms with Crippen LogP contribution in [-0.2, 0) is 14.3 Å². The minimum atomic E-state index is -0.932. The van der Waals surface area contributed by atoms with Gasteiger partial charge in [0, 0.05) is 19.1 Å². The lowest BCUT2D eigenvalue weighted by Gasteiger charge is -2.20. The molecule has 0 aromatic carbocycles. The molecular formula is C21H42N4O6. The molecule has 0 saturated heterocycles. The Hall–Kier alpha value is -2.07. The fourth-order valence-electron chi connectivity index (χ4n) is 2.58. The predicted octanol–water partition coefficient (Wildman–Crippen LogP) is 2.36. The number of alkyl carbamates (subject to hydrolysis) is 2. The van der Waals surface area contributed by atoms with Gasteiger partial charge in [-0.2, -0.15) is 0 Å². The van der Waals surface area contributed by atoms with E-state index < -0.39 is 35.4 Å². The van der Waals surface area contributed by atoms with Gasteiger partial charge < -0.3 is 36.3 Å². The third-order valence-electron chi connectivity index (χ3n) is 3.96. The maximum absolute atomic E-state index is 11.6. The van der Waals surface area contributed by atoms with Gasteiger partial charge in [-0.05, 0) is 80.2 Å². The van der Waals surface area contributed by atoms with Crippen molar-refractivity contribution in [3.05, 3.63) is 0 Å². The first-order valence-electron chi connectivity index (χ1n) is 10.8. The molecule has 31 heavy (non-hydrogen) atoms. The summed E-state index contributed by atoms with van der Waals surface area (Å²) < 4.78 is 10.3. The number of aliphatic carboxylic acids is 1. The first-order chi connectivity index (χ1) is 14.2. The van der Waals surface area contributed by atoms with E-state index in [4.69, 9.17) is 15.2 Å². The summed E-state index contributed by atoms with van der Waals surface area (Å²) in [4.78, 5) is 34.6. The average Bonchev–Trinajstić information content (AvgIpc) is 2.57. The fraction of sp³-hybridized carbons (Fsp3) is 0.857. The molecule has 0 bridgehead atoms. The Morgan fingerprint density at radius 1 is 0.806 bits per heavy atom. The molecule has 10 nitrogen and oxygen atoms in total. The van der Waals surface area contributed by atoms with Gasteiger partial charge in [0.2, 0.25) is 0 Å². The molecule has 2 amide bonds. The molecule has 0 aliphatic carbocycles. The van der Waals surface area contributed by atoms with E-state index in [0.717, 1.165) is 0 Å². The van der Waals surface area contributed by atoms with Crippen LogP contribution in [0.4, 0.5) is 9.59 Å². The number of ether oxygens (including phenoxy) is 2. The summed E-state index contributed by atoms with van der Waals surface area (Å²) in [7, 11) is 0. The Bertz CT molecular complexity index is 557. The highest BCUT2D eigenvalue weighted by molar-refractivity contribution is 5.73. The normalized spacial score (nSPS) is 13.8. The van der Waals surface area contributed by atoms with Crippen LogP contribution in [0.1, 0.15) is 73.6 Å². The van der Waals surface area contributed by atoms with Crippen LogP contribution < -0.4 is 21.7 Å². The number of hydrogen-bond acceptors (Lipinski definition) is 7. The van der Waals surface area contributed by atoms with Gasteiger partial charge in [0.25, 0.3) is 0 Å². The molecule has 6 N–H and O–H groups in total. The van der Waals surface area contributed by atoms with Gasteiger partial charge in [0.1, 0.15) is 17.2 Å². The van der Waals surface area contributed by atoms with Crippen LogP contribution in [0.15, 0.2) is 0 Å². The van der Waals surface area contributed by atoms with E-state index >= 15 is 0 Å². The second-order valence-electron chi connectivity index (χ2n) is 9.54. The first kappa shape index (κ1) is 28.9. The molecule has 1 unspecified atom stereocenters. The number of amides is 2. The largest absolute Gasteiger partial charge is 0.480 e. The maximum atomic E-state index is 11.6. The molecule has 0 aromatic rings. The van der Waals surface area contributed by atoms with Gasteiger partial charge in [0.05, 0.1) is 0 Å². The minimum Gasteiger partial charge on any atom is -0.480 e. The van der Waals surface area contributed by atoms with E-state index in [1.807, 2.05) is 0 Å². The second kappa shape index (κ2) is 14.1. The number of nitrogens with one attached hydrogen (secondary N) is 3. The molecule has 0 aliphatic rings. The fourth-order valence-corrected chi connectivity index (χ4v) is 2.58. The zero-order valence-electron chi connectivity index (χ0n) is 19.9. The minimum absolute atomic E-state index is 0.155. The molecule has 0 spiro atoms. The van der Waals surface area contributed by atoms with Gasteiger partial charge in [0.15, 0.2) is 0 Å². The van der Waals surface area contributed by atoms with E-state index in [9.17, 15) is 19.5 Å². The van der Waals surface area contributed by atoms with Crippen molar-refractivity contribution in [1.82, 2.24) is 16.0 Å². The van der Waals surface area contributed by atoms with Crippen molar-refractivity contribution < 1.29 is 29.0 Å². The van der Waals surface area contributed by atoms with Gasteiger partial charge in [-0.1, -0.05) is 0 Å². The number of carboxylic acid groups (broad SMARTS) is 1. The number of nitrogens with two attached hydrogens (primary N) is 1. The van der Waals surface area contributed by atoms with Crippen LogP contribution in [0.25, 0.3) is 0 Å². The van der Waals surface area contributed by atoms with Crippen molar-refractivity contribution in [3.63, 3.8) is 0 Å². The highest BCUT2D eigenvalue weighted by Gasteiger charge is 2.19. The SMILES string of the molecule is CC(C)(C)OC(=O)NCCCN[C@@H](CCC(N)CCCNC(=O)OC(C)(C)C)C(=O)O. The van der Waals surface area contributed by atoms with E-state index in [1.54, 1.807) is 41.5 Å². The molecule has 0 saturated carbocycles. The molecule has 0 radical (unpaired) electrons. The second-order valence-corrected chi connectivity index (χ2v) is 9.54. The Morgan fingerprint density at radius 2 is 1.29 bits per heavy atom. The third-order valence-corrected chi connectivity index (χ3v) is 3.96. The Morgan fingerprint density at radius 3 is 1.74 bits per heavy atom. The number of carbonyl (C=O) groups excluding carboxylic acids is 2. The van der Waals surface area contributed by atoms with Crippen LogP contribution in [-0.4, -0.2) is 66.2 Å². The van der Waals surface area contributed by atoms with Crippen LogP contribution in [0.5, 0.6) is 0 Å². The van der Waals surface area contributed by atoms with Crippen LogP contribution >= 0.6 is 0 Å². The summed E-state index contributed by atoms with van der Waals surface area (Å²) in [5.74, 6) is -0.932. The van der Waals surface area contributed by atoms with Crippen molar-refractivity contribution in [2.24, 2.45) is 5.73 Å². The van der Waals surface area contributed by atoms with Crippen molar-refractivity contribution >= 4 is 18.2 Å². The van der Waals surface area contributed by atoms with E-state index in [0.29, 0.717) is 51.7 Å². The summed E-state index contributed by atoms with van der Waals surface area (Å²) >= 11 is 0. The monoisotopic (exact) mass is 446 g/mol. The van der Waals surface area contributed by atoms with Gasteiger partial charge >= 0.3 is 18.2 Å². The smallest absolute Gasteiger partial charge is 0.407 e. The van der Waals surface area contributed by atoms with E-state index in [-0.39, 0.29) is 6.04 Å². The highest BCUT2D eigenvalue weighted by atomic mass is 16.6.